The molecule has 0 saturated carbocycles. The molecule has 1 aliphatic rings. The first-order chi connectivity index (χ1) is 9.72. The normalized spacial score (nSPS) is 17.1. The Balaban J connectivity index is 1.84. The fourth-order valence-corrected chi connectivity index (χ4v) is 2.59. The third-order valence-electron chi connectivity index (χ3n) is 3.72. The van der Waals surface area contributed by atoms with Crippen molar-refractivity contribution in [2.75, 3.05) is 26.8 Å². The van der Waals surface area contributed by atoms with Crippen LogP contribution < -0.4 is 0 Å². The maximum absolute atomic E-state index is 11.4. The maximum Gasteiger partial charge on any atom is 0.337 e. The molecule has 1 aromatic carbocycles. The summed E-state index contributed by atoms with van der Waals surface area (Å²) in [5, 5.41) is 0. The molecule has 1 saturated heterocycles. The quantitative estimate of drug-likeness (QED) is 0.775. The van der Waals surface area contributed by atoms with Crippen LogP contribution in [0.3, 0.4) is 0 Å². The summed E-state index contributed by atoms with van der Waals surface area (Å²) < 4.78 is 10.4. The molecule has 1 aliphatic heterocycles. The van der Waals surface area contributed by atoms with Crippen molar-refractivity contribution < 1.29 is 14.3 Å². The van der Waals surface area contributed by atoms with Crippen LogP contribution in [0.15, 0.2) is 24.3 Å². The van der Waals surface area contributed by atoms with E-state index < -0.39 is 0 Å². The number of benzene rings is 1. The molecule has 0 bridgehead atoms. The lowest BCUT2D eigenvalue weighted by Gasteiger charge is -2.31. The monoisotopic (exact) mass is 277 g/mol. The van der Waals surface area contributed by atoms with Crippen LogP contribution in [0.1, 0.15) is 35.7 Å². The van der Waals surface area contributed by atoms with Crippen LogP contribution in [-0.2, 0) is 16.0 Å². The van der Waals surface area contributed by atoms with Gasteiger partial charge in [-0.2, -0.15) is 0 Å². The van der Waals surface area contributed by atoms with E-state index in [-0.39, 0.29) is 5.97 Å². The Labute approximate surface area is 120 Å². The van der Waals surface area contributed by atoms with E-state index in [1.165, 1.54) is 12.7 Å². The van der Waals surface area contributed by atoms with Crippen LogP contribution >= 0.6 is 0 Å². The minimum Gasteiger partial charge on any atom is -0.465 e. The number of nitrogens with zero attached hydrogens (tertiary/aromatic N) is 1. The largest absolute Gasteiger partial charge is 0.465 e. The second-order valence-electron chi connectivity index (χ2n) is 5.12. The Morgan fingerprint density at radius 2 is 1.90 bits per heavy atom. The second-order valence-corrected chi connectivity index (χ2v) is 5.12. The summed E-state index contributed by atoms with van der Waals surface area (Å²) in [6, 6.07) is 7.66. The van der Waals surface area contributed by atoms with Gasteiger partial charge in [0.05, 0.1) is 18.8 Å². The third kappa shape index (κ3) is 4.05. The van der Waals surface area contributed by atoms with Gasteiger partial charge in [0.2, 0.25) is 0 Å². The highest BCUT2D eigenvalue weighted by Gasteiger charge is 2.19. The van der Waals surface area contributed by atoms with Gasteiger partial charge in [0.1, 0.15) is 0 Å². The van der Waals surface area contributed by atoms with E-state index in [4.69, 9.17) is 9.47 Å². The predicted molar refractivity (Wildman–Crippen MR) is 77.7 cm³/mol. The van der Waals surface area contributed by atoms with Crippen molar-refractivity contribution in [3.63, 3.8) is 0 Å². The highest BCUT2D eigenvalue weighted by atomic mass is 16.5. The molecule has 110 valence electrons. The van der Waals surface area contributed by atoms with Crippen LogP contribution in [0.4, 0.5) is 0 Å². The smallest absolute Gasteiger partial charge is 0.337 e. The van der Waals surface area contributed by atoms with Crippen molar-refractivity contribution in [3.8, 4) is 0 Å². The van der Waals surface area contributed by atoms with Gasteiger partial charge < -0.3 is 9.47 Å². The molecule has 4 heteroatoms. The summed E-state index contributed by atoms with van der Waals surface area (Å²) in [7, 11) is 1.40. The summed E-state index contributed by atoms with van der Waals surface area (Å²) in [5.74, 6) is -0.283. The standard InChI is InChI=1S/C16H23NO3/c1-3-20-15-8-10-17(11-9-15)12-13-4-6-14(7-5-13)16(18)19-2/h4-7,15H,3,8-12H2,1-2H3. The number of ether oxygens (including phenoxy) is 2. The van der Waals surface area contributed by atoms with Crippen molar-refractivity contribution in [1.82, 2.24) is 4.90 Å². The zero-order chi connectivity index (χ0) is 14.4. The Bertz CT molecular complexity index is 422. The Kier molecular flexibility index (Phi) is 5.56. The average Bonchev–Trinajstić information content (AvgIpc) is 2.49. The molecule has 4 nitrogen and oxygen atoms in total. The molecule has 0 spiro atoms. The van der Waals surface area contributed by atoms with Gasteiger partial charge in [0.25, 0.3) is 0 Å². The van der Waals surface area contributed by atoms with E-state index in [9.17, 15) is 4.79 Å². The molecule has 1 aromatic rings. The lowest BCUT2D eigenvalue weighted by molar-refractivity contribution is 0.0125. The van der Waals surface area contributed by atoms with Crippen LogP contribution in [-0.4, -0.2) is 43.8 Å². The molecule has 0 unspecified atom stereocenters. The van der Waals surface area contributed by atoms with Crippen molar-refractivity contribution in [1.29, 1.82) is 0 Å². The van der Waals surface area contributed by atoms with Gasteiger partial charge in [-0.15, -0.1) is 0 Å². The van der Waals surface area contributed by atoms with Crippen LogP contribution in [0.25, 0.3) is 0 Å². The number of esters is 1. The van der Waals surface area contributed by atoms with Gasteiger partial charge >= 0.3 is 5.97 Å². The van der Waals surface area contributed by atoms with Crippen molar-refractivity contribution in [2.45, 2.75) is 32.4 Å². The Morgan fingerprint density at radius 3 is 2.45 bits per heavy atom. The number of hydrogen-bond donors (Lipinski definition) is 0. The van der Waals surface area contributed by atoms with Crippen molar-refractivity contribution >= 4 is 5.97 Å². The molecule has 0 aliphatic carbocycles. The number of carbonyl (C=O) groups excluding carboxylic acids is 1. The Hall–Kier alpha value is -1.39. The Morgan fingerprint density at radius 1 is 1.25 bits per heavy atom. The molecule has 0 aromatic heterocycles. The van der Waals surface area contributed by atoms with E-state index in [1.54, 1.807) is 0 Å². The van der Waals surface area contributed by atoms with Crippen LogP contribution in [0.2, 0.25) is 0 Å². The van der Waals surface area contributed by atoms with E-state index in [0.29, 0.717) is 11.7 Å². The topological polar surface area (TPSA) is 38.8 Å². The number of piperidine rings is 1. The molecular weight excluding hydrogens is 254 g/mol. The number of carbonyl (C=O) groups is 1. The molecule has 20 heavy (non-hydrogen) atoms. The van der Waals surface area contributed by atoms with Gasteiger partial charge in [-0.05, 0) is 37.5 Å². The number of likely N-dealkylation sites (tertiary alicyclic amines) is 1. The minimum absolute atomic E-state index is 0.283. The molecule has 2 rings (SSSR count). The lowest BCUT2D eigenvalue weighted by Crippen LogP contribution is -2.36. The fourth-order valence-electron chi connectivity index (χ4n) is 2.59. The van der Waals surface area contributed by atoms with Crippen LogP contribution in [0.5, 0.6) is 0 Å². The number of rotatable bonds is 5. The molecule has 0 radical (unpaired) electrons. The van der Waals surface area contributed by atoms with Crippen molar-refractivity contribution in [2.24, 2.45) is 0 Å². The zero-order valence-electron chi connectivity index (χ0n) is 12.3. The molecule has 0 atom stereocenters. The predicted octanol–water partition coefficient (Wildman–Crippen LogP) is 2.47. The van der Waals surface area contributed by atoms with Gasteiger partial charge in [-0.3, -0.25) is 4.90 Å². The summed E-state index contributed by atoms with van der Waals surface area (Å²) in [6.07, 6.45) is 2.64. The molecule has 0 amide bonds. The maximum atomic E-state index is 11.4. The number of methoxy groups -OCH3 is 1. The van der Waals surface area contributed by atoms with Gasteiger partial charge in [0, 0.05) is 26.2 Å². The van der Waals surface area contributed by atoms with Crippen LogP contribution in [0, 0.1) is 0 Å². The SMILES string of the molecule is CCOC1CCN(Cc2ccc(C(=O)OC)cc2)CC1. The van der Waals surface area contributed by atoms with E-state index in [2.05, 4.69) is 11.8 Å². The summed E-state index contributed by atoms with van der Waals surface area (Å²) in [6.45, 7) is 5.93. The van der Waals surface area contributed by atoms with Gasteiger partial charge in [-0.25, -0.2) is 4.79 Å². The van der Waals surface area contributed by atoms with E-state index >= 15 is 0 Å². The summed E-state index contributed by atoms with van der Waals surface area (Å²) in [4.78, 5) is 13.8. The van der Waals surface area contributed by atoms with E-state index in [0.717, 1.165) is 39.1 Å². The second kappa shape index (κ2) is 7.41. The first-order valence-corrected chi connectivity index (χ1v) is 7.24. The molecule has 1 heterocycles. The lowest BCUT2D eigenvalue weighted by atomic mass is 10.1. The molecular formula is C16H23NO3. The number of hydrogen-bond acceptors (Lipinski definition) is 4. The van der Waals surface area contributed by atoms with Gasteiger partial charge in [-0.1, -0.05) is 12.1 Å². The fraction of sp³-hybridized carbons (Fsp3) is 0.562. The first-order valence-electron chi connectivity index (χ1n) is 7.24. The molecule has 1 fully saturated rings. The van der Waals surface area contributed by atoms with Crippen molar-refractivity contribution in [3.05, 3.63) is 35.4 Å². The highest BCUT2D eigenvalue weighted by Crippen LogP contribution is 2.16. The zero-order valence-corrected chi connectivity index (χ0v) is 12.3. The summed E-state index contributed by atoms with van der Waals surface area (Å²) in [5.41, 5.74) is 1.83. The highest BCUT2D eigenvalue weighted by molar-refractivity contribution is 5.89. The minimum atomic E-state index is -0.283. The van der Waals surface area contributed by atoms with Gasteiger partial charge in [0.15, 0.2) is 0 Å². The first kappa shape index (κ1) is 15.0. The molecule has 0 N–H and O–H groups in total. The van der Waals surface area contributed by atoms with E-state index in [1.807, 2.05) is 24.3 Å². The third-order valence-corrected chi connectivity index (χ3v) is 3.72. The summed E-state index contributed by atoms with van der Waals surface area (Å²) >= 11 is 0. The average molecular weight is 277 g/mol.